The van der Waals surface area contributed by atoms with E-state index in [0.29, 0.717) is 0 Å². The SMILES string of the molecule is [2H]C(C)(C)c1ccnc(-c2cccc3c2oc2c(-c4ccc(C(=O)OO)cc4)cccc23)c1. The molecular formula is C27H21NO4. The van der Waals surface area contributed by atoms with Crippen LogP contribution in [0.3, 0.4) is 0 Å². The van der Waals surface area contributed by atoms with E-state index in [4.69, 9.17) is 11.0 Å². The highest BCUT2D eigenvalue weighted by molar-refractivity contribution is 6.12. The van der Waals surface area contributed by atoms with Gasteiger partial charge in [0.25, 0.3) is 0 Å². The van der Waals surface area contributed by atoms with E-state index in [0.717, 1.165) is 49.9 Å². The Labute approximate surface area is 186 Å². The summed E-state index contributed by atoms with van der Waals surface area (Å²) in [6.45, 7) is 3.71. The van der Waals surface area contributed by atoms with Gasteiger partial charge in [0, 0.05) is 29.5 Å². The van der Waals surface area contributed by atoms with Gasteiger partial charge in [-0.25, -0.2) is 4.79 Å². The lowest BCUT2D eigenvalue weighted by Gasteiger charge is -2.07. The number of furan rings is 1. The number of pyridine rings is 1. The molecule has 5 rings (SSSR count). The van der Waals surface area contributed by atoms with Crippen molar-refractivity contribution in [3.05, 3.63) is 90.1 Å². The van der Waals surface area contributed by atoms with Crippen molar-refractivity contribution in [2.75, 3.05) is 0 Å². The maximum absolute atomic E-state index is 11.5. The third-order valence-electron chi connectivity index (χ3n) is 5.65. The van der Waals surface area contributed by atoms with Gasteiger partial charge in [-0.05, 0) is 47.4 Å². The third kappa shape index (κ3) is 3.33. The van der Waals surface area contributed by atoms with Crippen LogP contribution in [0.15, 0.2) is 83.4 Å². The van der Waals surface area contributed by atoms with Gasteiger partial charge >= 0.3 is 5.97 Å². The second-order valence-corrected chi connectivity index (χ2v) is 7.85. The molecule has 0 radical (unpaired) electrons. The molecule has 1 N–H and O–H groups in total. The first-order chi connectivity index (χ1) is 15.9. The first-order valence-corrected chi connectivity index (χ1v) is 10.2. The summed E-state index contributed by atoms with van der Waals surface area (Å²) in [6, 6.07) is 22.5. The maximum Gasteiger partial charge on any atom is 0.372 e. The standard InChI is InChI=1S/C27H21NO4/c1-16(2)19-13-14-28-24(15-19)23-8-4-7-22-21-6-3-5-20(25(21)31-26(22)23)17-9-11-18(12-10-17)27(29)32-30/h3-16,30H,1-2H3/i16D. The van der Waals surface area contributed by atoms with Crippen molar-refractivity contribution in [1.29, 1.82) is 0 Å². The number of fused-ring (bicyclic) bond motifs is 3. The summed E-state index contributed by atoms with van der Waals surface area (Å²) in [5, 5.41) is 10.5. The van der Waals surface area contributed by atoms with Crippen molar-refractivity contribution in [1.82, 2.24) is 4.98 Å². The van der Waals surface area contributed by atoms with Crippen molar-refractivity contribution < 1.29 is 20.7 Å². The summed E-state index contributed by atoms with van der Waals surface area (Å²) in [6.07, 6.45) is 1.73. The van der Waals surface area contributed by atoms with Crippen molar-refractivity contribution >= 4 is 27.9 Å². The summed E-state index contributed by atoms with van der Waals surface area (Å²) in [5.74, 6) is -1.54. The highest BCUT2D eigenvalue weighted by Gasteiger charge is 2.17. The summed E-state index contributed by atoms with van der Waals surface area (Å²) in [4.78, 5) is 19.9. The number of aromatic nitrogens is 1. The summed E-state index contributed by atoms with van der Waals surface area (Å²) >= 11 is 0. The van der Waals surface area contributed by atoms with Crippen LogP contribution in [0.5, 0.6) is 0 Å². The van der Waals surface area contributed by atoms with Gasteiger partial charge in [0.05, 0.1) is 11.3 Å². The van der Waals surface area contributed by atoms with Crippen LogP contribution >= 0.6 is 0 Å². The lowest BCUT2D eigenvalue weighted by molar-refractivity contribution is -0.182. The molecule has 0 aliphatic carbocycles. The first-order valence-electron chi connectivity index (χ1n) is 10.7. The van der Waals surface area contributed by atoms with Crippen LogP contribution in [0.1, 0.15) is 37.0 Å². The Morgan fingerprint density at radius 3 is 2.28 bits per heavy atom. The Morgan fingerprint density at radius 1 is 0.969 bits per heavy atom. The monoisotopic (exact) mass is 424 g/mol. The minimum atomic E-state index is -0.807. The van der Waals surface area contributed by atoms with E-state index < -0.39 is 11.9 Å². The van der Waals surface area contributed by atoms with Crippen LogP contribution < -0.4 is 0 Å². The largest absolute Gasteiger partial charge is 0.455 e. The molecule has 0 fully saturated rings. The van der Waals surface area contributed by atoms with Gasteiger partial charge < -0.3 is 4.42 Å². The van der Waals surface area contributed by atoms with E-state index in [1.165, 1.54) is 0 Å². The first kappa shape index (κ1) is 18.8. The number of hydrogen-bond acceptors (Lipinski definition) is 5. The maximum atomic E-state index is 11.5. The number of carbonyl (C=O) groups excluding carboxylic acids is 1. The quantitative estimate of drug-likeness (QED) is 0.247. The van der Waals surface area contributed by atoms with Gasteiger partial charge in [0.2, 0.25) is 0 Å². The second-order valence-electron chi connectivity index (χ2n) is 7.85. The van der Waals surface area contributed by atoms with E-state index in [1.54, 1.807) is 30.5 Å². The minimum absolute atomic E-state index is 0.253. The van der Waals surface area contributed by atoms with Gasteiger partial charge in [0.15, 0.2) is 0 Å². The zero-order valence-electron chi connectivity index (χ0n) is 18.6. The second kappa shape index (κ2) is 7.94. The van der Waals surface area contributed by atoms with Crippen LogP contribution in [-0.4, -0.2) is 16.2 Å². The lowest BCUT2D eigenvalue weighted by atomic mass is 9.99. The zero-order valence-corrected chi connectivity index (χ0v) is 17.6. The Kier molecular flexibility index (Phi) is 4.66. The van der Waals surface area contributed by atoms with Crippen molar-refractivity contribution in [3.63, 3.8) is 0 Å². The predicted molar refractivity (Wildman–Crippen MR) is 125 cm³/mol. The highest BCUT2D eigenvalue weighted by Crippen LogP contribution is 2.39. The van der Waals surface area contributed by atoms with Gasteiger partial charge in [-0.3, -0.25) is 9.87 Å². The molecule has 5 heteroatoms. The summed E-state index contributed by atoms with van der Waals surface area (Å²) in [5.41, 5.74) is 5.96. The number of rotatable bonds is 4. The lowest BCUT2D eigenvalue weighted by Crippen LogP contribution is -2.00. The van der Waals surface area contributed by atoms with Crippen LogP contribution in [0.4, 0.5) is 0 Å². The molecule has 0 unspecified atom stereocenters. The molecule has 3 aromatic carbocycles. The smallest absolute Gasteiger partial charge is 0.372 e. The third-order valence-corrected chi connectivity index (χ3v) is 5.65. The van der Waals surface area contributed by atoms with Crippen molar-refractivity contribution in [2.45, 2.75) is 19.7 Å². The Bertz CT molecular complexity index is 1500. The van der Waals surface area contributed by atoms with Gasteiger partial charge in [-0.15, -0.1) is 0 Å². The van der Waals surface area contributed by atoms with E-state index in [9.17, 15) is 4.79 Å². The molecule has 158 valence electrons. The molecule has 0 saturated carbocycles. The summed E-state index contributed by atoms with van der Waals surface area (Å²) < 4.78 is 14.8. The molecule has 2 aromatic heterocycles. The zero-order chi connectivity index (χ0) is 23.2. The van der Waals surface area contributed by atoms with Crippen LogP contribution in [0.2, 0.25) is 0 Å². The molecule has 0 spiro atoms. The normalized spacial score (nSPS) is 12.2. The van der Waals surface area contributed by atoms with E-state index in [1.807, 2.05) is 62.4 Å². The number of hydrogen-bond donors (Lipinski definition) is 1. The molecule has 0 atom stereocenters. The van der Waals surface area contributed by atoms with E-state index >= 15 is 0 Å². The molecule has 0 aliphatic rings. The number of para-hydroxylation sites is 2. The average molecular weight is 424 g/mol. The molecule has 32 heavy (non-hydrogen) atoms. The minimum Gasteiger partial charge on any atom is -0.455 e. The molecule has 5 nitrogen and oxygen atoms in total. The Balaban J connectivity index is 1.69. The Hall–Kier alpha value is -3.96. The average Bonchev–Trinajstić information content (AvgIpc) is 3.22. The topological polar surface area (TPSA) is 72.6 Å². The molecular weight excluding hydrogens is 402 g/mol. The molecule has 2 heterocycles. The number of benzene rings is 3. The van der Waals surface area contributed by atoms with Gasteiger partial charge in [-0.1, -0.05) is 56.3 Å². The molecule has 0 amide bonds. The molecule has 0 bridgehead atoms. The van der Waals surface area contributed by atoms with Crippen LogP contribution in [0, 0.1) is 0 Å². The van der Waals surface area contributed by atoms with E-state index in [2.05, 4.69) is 9.87 Å². The molecule has 5 aromatic rings. The molecule has 0 aliphatic heterocycles. The van der Waals surface area contributed by atoms with E-state index in [-0.39, 0.29) is 5.56 Å². The van der Waals surface area contributed by atoms with Gasteiger partial charge in [0.1, 0.15) is 11.2 Å². The number of nitrogens with zero attached hydrogens (tertiary/aromatic N) is 1. The highest BCUT2D eigenvalue weighted by atomic mass is 17.1. The van der Waals surface area contributed by atoms with Crippen molar-refractivity contribution in [2.24, 2.45) is 0 Å². The predicted octanol–water partition coefficient (Wildman–Crippen LogP) is 7.07. The van der Waals surface area contributed by atoms with Crippen LogP contribution in [0.25, 0.3) is 44.3 Å². The van der Waals surface area contributed by atoms with Crippen molar-refractivity contribution in [3.8, 4) is 22.4 Å². The molecule has 0 saturated heterocycles. The Morgan fingerprint density at radius 2 is 1.62 bits per heavy atom. The van der Waals surface area contributed by atoms with Crippen LogP contribution in [-0.2, 0) is 4.89 Å². The van der Waals surface area contributed by atoms with Gasteiger partial charge in [-0.2, -0.15) is 5.26 Å². The fourth-order valence-electron chi connectivity index (χ4n) is 3.98. The summed E-state index contributed by atoms with van der Waals surface area (Å²) in [7, 11) is 0. The fraction of sp³-hybridized carbons (Fsp3) is 0.111. The number of carbonyl (C=O) groups is 1. The fourth-order valence-corrected chi connectivity index (χ4v) is 3.98.